The summed E-state index contributed by atoms with van der Waals surface area (Å²) in [6.07, 6.45) is 0.245. The van der Waals surface area contributed by atoms with Crippen LogP contribution in [0.3, 0.4) is 0 Å². The Labute approximate surface area is 744 Å². The molecule has 0 unspecified atom stereocenters. The topological polar surface area (TPSA) is 466 Å². The summed E-state index contributed by atoms with van der Waals surface area (Å²) in [4.78, 5) is 166. The summed E-state index contributed by atoms with van der Waals surface area (Å²) in [7, 11) is 3.46. The van der Waals surface area contributed by atoms with E-state index in [-0.39, 0.29) is 202 Å². The van der Waals surface area contributed by atoms with Crippen LogP contribution in [-0.4, -0.2) is 269 Å². The molecule has 8 aromatic rings. The van der Waals surface area contributed by atoms with E-state index in [0.29, 0.717) is 103 Å². The summed E-state index contributed by atoms with van der Waals surface area (Å²) in [5.74, 6) is -4.79. The summed E-state index contributed by atoms with van der Waals surface area (Å²) in [5.41, 5.74) is 18.0. The number of hydrogen-bond donors (Lipinski definition) is 7. The molecule has 9 N–H and O–H groups in total. The van der Waals surface area contributed by atoms with Crippen molar-refractivity contribution >= 4 is 98.4 Å². The third-order valence-electron chi connectivity index (χ3n) is 22.7. The number of ether oxygens (including phenoxy) is 6. The lowest BCUT2D eigenvalue weighted by molar-refractivity contribution is -0.145. The fourth-order valence-electron chi connectivity index (χ4n) is 15.4. The van der Waals surface area contributed by atoms with Crippen LogP contribution in [0.15, 0.2) is 82.2 Å². The molecule has 7 heterocycles. The molecule has 5 aromatic heterocycles. The molecule has 0 bridgehead atoms. The molecule has 3 aromatic carbocycles. The Kier molecular flexibility index (Phi) is 34.0. The number of carbonyl (C=O) groups is 11. The van der Waals surface area contributed by atoms with Crippen molar-refractivity contribution in [2.45, 2.75) is 182 Å². The highest BCUT2D eigenvalue weighted by atomic mass is 32.1. The number of hydrogen-bond acceptors (Lipinski definition) is 22. The van der Waals surface area contributed by atoms with Crippen molar-refractivity contribution in [1.29, 1.82) is 0 Å². The van der Waals surface area contributed by atoms with Crippen LogP contribution in [0.1, 0.15) is 163 Å². The van der Waals surface area contributed by atoms with Crippen LogP contribution >= 0.6 is 11.3 Å². The van der Waals surface area contributed by atoms with Gasteiger partial charge >= 0.3 is 0 Å². The molecular formula is C88H119FN20O18S. The largest absolute Gasteiger partial charge is 0.493 e. The highest BCUT2D eigenvalue weighted by Gasteiger charge is 2.53. The Morgan fingerprint density at radius 2 is 1.16 bits per heavy atom. The SMILES string of the molecule is CCn1nc(C)cc1C(=O)N=c1n(C)c2cc(C(N)=O)ccc2n1CCC(CCn1c(=NC(=O)c2cc(C)nn2CC)n(C)c2cc(C(N)=O)ccc21)OCC(=O)NCCOCCOCCOCCOCCC(=O)N1CCN(C(=O)CCC(=O)NCCCCOc2cc(-c3scnc3C)ccc2CNC(=O)[C@@H]2C[C@@H](O)CN2C(=O)[C@@H](NC(=O)C2(F)CC2)C(C)(C)C)CC1. The summed E-state index contributed by atoms with van der Waals surface area (Å²) < 4.78 is 60.5. The molecule has 692 valence electrons. The van der Waals surface area contributed by atoms with Crippen LogP contribution in [0.2, 0.25) is 0 Å². The number of aliphatic hydroxyl groups excluding tert-OH is 1. The van der Waals surface area contributed by atoms with E-state index in [1.807, 2.05) is 48.1 Å². The van der Waals surface area contributed by atoms with Gasteiger partial charge in [-0.2, -0.15) is 20.2 Å². The number of unbranched alkanes of at least 4 members (excludes halogenated alkanes) is 1. The van der Waals surface area contributed by atoms with E-state index in [1.54, 1.807) is 131 Å². The number of carbonyl (C=O) groups excluding carboxylic acids is 11. The molecule has 11 rings (SSSR count). The molecule has 3 fully saturated rings. The number of likely N-dealkylation sites (tertiary alicyclic amines) is 1. The van der Waals surface area contributed by atoms with Crippen molar-refractivity contribution in [1.82, 2.24) is 78.8 Å². The van der Waals surface area contributed by atoms with Gasteiger partial charge in [0.15, 0.2) is 5.67 Å². The number of aryl methyl sites for hydroxylation is 9. The summed E-state index contributed by atoms with van der Waals surface area (Å²) in [6, 6.07) is 16.7. The molecule has 11 amide bonds. The monoisotopic (exact) mass is 1790 g/mol. The summed E-state index contributed by atoms with van der Waals surface area (Å²) in [6.45, 7) is 19.3. The first-order chi connectivity index (χ1) is 61.2. The van der Waals surface area contributed by atoms with Crippen molar-refractivity contribution in [3.8, 4) is 16.2 Å². The molecule has 128 heavy (non-hydrogen) atoms. The maximum absolute atomic E-state index is 14.7. The average Bonchev–Trinajstić information content (AvgIpc) is 1.62. The highest BCUT2D eigenvalue weighted by molar-refractivity contribution is 7.13. The number of benzene rings is 3. The first kappa shape index (κ1) is 96.9. The van der Waals surface area contributed by atoms with Gasteiger partial charge in [0.1, 0.15) is 35.8 Å². The summed E-state index contributed by atoms with van der Waals surface area (Å²) in [5, 5.41) is 30.8. The van der Waals surface area contributed by atoms with Gasteiger partial charge in [-0.05, 0) is 139 Å². The van der Waals surface area contributed by atoms with Gasteiger partial charge in [0.2, 0.25) is 58.5 Å². The van der Waals surface area contributed by atoms with E-state index in [1.165, 1.54) is 16.2 Å². The number of fused-ring (bicyclic) bond motifs is 2. The number of imidazole rings is 2. The van der Waals surface area contributed by atoms with Crippen LogP contribution in [-0.2, 0) is 104 Å². The third-order valence-corrected chi connectivity index (χ3v) is 23.7. The molecule has 3 aliphatic rings. The molecule has 2 saturated heterocycles. The van der Waals surface area contributed by atoms with Crippen molar-refractivity contribution in [3.63, 3.8) is 0 Å². The van der Waals surface area contributed by atoms with Gasteiger partial charge in [0.05, 0.1) is 128 Å². The predicted molar refractivity (Wildman–Crippen MR) is 469 cm³/mol. The van der Waals surface area contributed by atoms with Gasteiger partial charge in [-0.3, -0.25) is 62.1 Å². The number of piperazine rings is 1. The van der Waals surface area contributed by atoms with Gasteiger partial charge in [-0.15, -0.1) is 11.3 Å². The first-order valence-electron chi connectivity index (χ1n) is 43.4. The zero-order valence-electron chi connectivity index (χ0n) is 74.5. The predicted octanol–water partition coefficient (Wildman–Crippen LogP) is 3.91. The lowest BCUT2D eigenvalue weighted by atomic mass is 9.85. The number of amides is 11. The fourth-order valence-corrected chi connectivity index (χ4v) is 16.2. The molecule has 0 spiro atoms. The van der Waals surface area contributed by atoms with Gasteiger partial charge in [-0.25, -0.2) is 9.37 Å². The van der Waals surface area contributed by atoms with Gasteiger partial charge in [0.25, 0.3) is 17.7 Å². The van der Waals surface area contributed by atoms with E-state index in [4.69, 9.17) is 39.9 Å². The van der Waals surface area contributed by atoms with E-state index < -0.39 is 82.6 Å². The lowest BCUT2D eigenvalue weighted by Crippen LogP contribution is -2.59. The number of nitrogens with one attached hydrogen (secondary N) is 4. The Morgan fingerprint density at radius 3 is 1.68 bits per heavy atom. The lowest BCUT2D eigenvalue weighted by Gasteiger charge is -2.35. The van der Waals surface area contributed by atoms with E-state index in [9.17, 15) is 62.2 Å². The van der Waals surface area contributed by atoms with Crippen molar-refractivity contribution < 1.29 is 90.7 Å². The standard InChI is InChI=1S/C88H119FN20O18S/c1-11-108-69(45-55(3)99-108)81(118)97-85-101(9)66-47-59(78(90)115)17-19-64(66)105(85)30-23-63(24-31-106-65-20-18-60(79(91)116)48-67(65)102(10)86(106)98-82(119)70-46-56(4)100-109(70)12-2)127-53-73(112)93-29-38-123-40-42-125-44-43-124-41-39-122-37-25-75(114)104-34-32-103(33-35-104)74(113)22-21-72(111)92-28-13-14-36-126-71-49-58(76-57(5)95-54-128-76)15-16-61(71)51-94-80(117)68-50-62(110)52-107(68)83(120)77(87(6,7)8)96-84(121)88(89)26-27-88/h15-20,45-49,54,62-63,68,77,110H,11-14,21-44,50-53H2,1-10H3,(H2,90,115)(H2,91,116)(H,92,111)(H,93,112)(H,94,117)(H,96,121)/t62-,63?,68+,77-/m1/s1. The maximum Gasteiger partial charge on any atom is 0.298 e. The van der Waals surface area contributed by atoms with E-state index >= 15 is 0 Å². The number of aromatic nitrogens is 9. The van der Waals surface area contributed by atoms with Crippen molar-refractivity contribution in [2.24, 2.45) is 41.0 Å². The van der Waals surface area contributed by atoms with Gasteiger partial charge in [-0.1, -0.05) is 32.9 Å². The number of primary amides is 2. The Bertz CT molecular complexity index is 5310. The van der Waals surface area contributed by atoms with Crippen LogP contribution < -0.4 is 48.7 Å². The zero-order chi connectivity index (χ0) is 92.1. The Morgan fingerprint density at radius 1 is 0.633 bits per heavy atom. The quantitative estimate of drug-likeness (QED) is 0.0266. The number of halogens is 1. The van der Waals surface area contributed by atoms with Gasteiger partial charge in [0, 0.05) is 129 Å². The smallest absolute Gasteiger partial charge is 0.298 e. The molecule has 40 heteroatoms. The number of β-amino-alcohol motifs (C(OH)–C–C–N with tert-alkyl or cyclic N) is 1. The molecule has 3 atom stereocenters. The third kappa shape index (κ3) is 25.4. The highest BCUT2D eigenvalue weighted by Crippen LogP contribution is 2.41. The van der Waals surface area contributed by atoms with Crippen LogP contribution in [0.4, 0.5) is 4.39 Å². The molecule has 2 aliphatic heterocycles. The second-order valence-corrected chi connectivity index (χ2v) is 34.0. The number of nitrogens with two attached hydrogens (primary N) is 2. The van der Waals surface area contributed by atoms with Crippen LogP contribution in [0.5, 0.6) is 5.75 Å². The first-order valence-corrected chi connectivity index (χ1v) is 44.3. The summed E-state index contributed by atoms with van der Waals surface area (Å²) >= 11 is 1.48. The second-order valence-electron chi connectivity index (χ2n) is 33.1. The maximum atomic E-state index is 14.7. The van der Waals surface area contributed by atoms with Gasteiger partial charge < -0.3 is 99.2 Å². The van der Waals surface area contributed by atoms with Crippen molar-refractivity contribution in [3.05, 3.63) is 129 Å². The van der Waals surface area contributed by atoms with E-state index in [0.717, 1.165) is 16.1 Å². The molecule has 0 radical (unpaired) electrons. The number of nitrogens with zero attached hydrogens (tertiary/aromatic N) is 14. The normalized spacial score (nSPS) is 15.8. The number of thiazole rings is 1. The van der Waals surface area contributed by atoms with Crippen LogP contribution in [0.25, 0.3) is 32.5 Å². The Balaban J connectivity index is 0.557. The zero-order valence-corrected chi connectivity index (χ0v) is 75.3. The second kappa shape index (κ2) is 44.8. The molecular weight excluding hydrogens is 1680 g/mol. The fraction of sp³-hybridized carbons (Fsp3) is 0.545. The number of aliphatic hydroxyl groups is 1. The number of alkyl halides is 1. The minimum Gasteiger partial charge on any atom is -0.493 e. The Hall–Kier alpha value is -11.7. The number of rotatable bonds is 46. The molecule has 1 aliphatic carbocycles. The van der Waals surface area contributed by atoms with Crippen molar-refractivity contribution in [2.75, 3.05) is 112 Å². The minimum atomic E-state index is -2.01. The average molecular weight is 1800 g/mol. The minimum absolute atomic E-state index is 0.000942. The van der Waals surface area contributed by atoms with Crippen LogP contribution in [0, 0.1) is 26.2 Å². The molecule has 38 nitrogen and oxygen atoms in total. The molecule has 1 saturated carbocycles. The van der Waals surface area contributed by atoms with E-state index in [2.05, 4.69) is 46.4 Å².